The van der Waals surface area contributed by atoms with Crippen LogP contribution in [-0.4, -0.2) is 41.2 Å². The number of fused-ring (bicyclic) bond motifs is 1. The third-order valence-electron chi connectivity index (χ3n) is 9.31. The summed E-state index contributed by atoms with van der Waals surface area (Å²) in [6.45, 7) is 1.47. The van der Waals surface area contributed by atoms with Crippen LogP contribution in [0.15, 0.2) is 91.0 Å². The molecule has 3 atom stereocenters. The minimum Gasteiger partial charge on any atom is -0.454 e. The molecule has 0 spiro atoms. The van der Waals surface area contributed by atoms with Crippen LogP contribution in [-0.2, 0) is 23.9 Å². The molecule has 4 aromatic carbocycles. The van der Waals surface area contributed by atoms with Crippen molar-refractivity contribution in [2.24, 2.45) is 11.8 Å². The van der Waals surface area contributed by atoms with Crippen LogP contribution >= 0.6 is 0 Å². The smallest absolute Gasteiger partial charge is 0.329 e. The molecule has 3 aliphatic carbocycles. The Balaban J connectivity index is 1.14. The van der Waals surface area contributed by atoms with Gasteiger partial charge < -0.3 is 10.1 Å². The van der Waals surface area contributed by atoms with Crippen molar-refractivity contribution in [2.45, 2.75) is 44.1 Å². The van der Waals surface area contributed by atoms with Crippen molar-refractivity contribution in [3.05, 3.63) is 113 Å². The molecule has 0 unspecified atom stereocenters. The highest BCUT2D eigenvalue weighted by Gasteiger charge is 2.63. The molecule has 216 valence electrons. The van der Waals surface area contributed by atoms with Crippen LogP contribution in [0.2, 0.25) is 0 Å². The van der Waals surface area contributed by atoms with Crippen molar-refractivity contribution in [3.8, 4) is 0 Å². The number of anilines is 1. The first-order chi connectivity index (χ1) is 21.0. The number of nitrogens with zero attached hydrogens (tertiary/aromatic N) is 1. The first-order valence-corrected chi connectivity index (χ1v) is 15.0. The molecule has 0 aromatic heterocycles. The number of carbonyl (C=O) groups excluding carboxylic acids is 4. The minimum absolute atomic E-state index is 0.252. The molecule has 43 heavy (non-hydrogen) atoms. The Bertz CT molecular complexity index is 1660. The van der Waals surface area contributed by atoms with E-state index in [0.717, 1.165) is 39.4 Å². The van der Waals surface area contributed by atoms with Crippen LogP contribution < -0.4 is 5.32 Å². The highest BCUT2D eigenvalue weighted by Crippen LogP contribution is 2.61. The zero-order valence-electron chi connectivity index (χ0n) is 23.9. The lowest BCUT2D eigenvalue weighted by atomic mass is 9.55. The summed E-state index contributed by atoms with van der Waals surface area (Å²) >= 11 is 0. The zero-order chi connectivity index (χ0) is 29.7. The summed E-state index contributed by atoms with van der Waals surface area (Å²) in [5.74, 6) is -3.53. The summed E-state index contributed by atoms with van der Waals surface area (Å²) in [7, 11) is 0. The average molecular weight is 573 g/mol. The van der Waals surface area contributed by atoms with E-state index >= 15 is 0 Å². The van der Waals surface area contributed by atoms with Gasteiger partial charge in [-0.3, -0.25) is 19.3 Å². The van der Waals surface area contributed by atoms with E-state index in [2.05, 4.69) is 29.6 Å². The van der Waals surface area contributed by atoms with Crippen molar-refractivity contribution in [1.82, 2.24) is 4.90 Å². The van der Waals surface area contributed by atoms with Gasteiger partial charge in [-0.1, -0.05) is 105 Å². The van der Waals surface area contributed by atoms with Gasteiger partial charge >= 0.3 is 5.97 Å². The number of rotatable bonds is 8. The lowest BCUT2D eigenvalue weighted by Crippen LogP contribution is -2.47. The van der Waals surface area contributed by atoms with Crippen molar-refractivity contribution >= 4 is 40.2 Å². The molecular formula is C36H32N2O5. The predicted octanol–water partition coefficient (Wildman–Crippen LogP) is 5.77. The molecule has 2 bridgehead atoms. The van der Waals surface area contributed by atoms with Gasteiger partial charge in [0.05, 0.1) is 11.8 Å². The lowest BCUT2D eigenvalue weighted by molar-refractivity contribution is -0.160. The number of imide groups is 1. The number of nitrogens with one attached hydrogen (secondary N) is 1. The molecule has 4 aromatic rings. The standard InChI is InChI=1S/C36H32N2O5/c1-2-3-19-28(36(42)43-20-29(39)37-27-18-10-12-21-11-4-5-13-22(21)27)38-34(40)32-30-23-14-6-7-15-24(23)31(33(32)35(38)41)26-17-9-8-16-25(26)30/h4-18,28,30-33H,2-3,19-20H2,1H3,(H,37,39)/t28-,30?,31?,32-,33+/m1/s1. The van der Waals surface area contributed by atoms with Crippen molar-refractivity contribution in [2.75, 3.05) is 11.9 Å². The summed E-state index contributed by atoms with van der Waals surface area (Å²) in [6, 6.07) is 28.3. The summed E-state index contributed by atoms with van der Waals surface area (Å²) in [5.41, 5.74) is 4.92. The van der Waals surface area contributed by atoms with E-state index < -0.39 is 36.4 Å². The van der Waals surface area contributed by atoms with Gasteiger partial charge in [-0.2, -0.15) is 0 Å². The normalized spacial score (nSPS) is 22.1. The van der Waals surface area contributed by atoms with Crippen LogP contribution in [0.4, 0.5) is 5.69 Å². The van der Waals surface area contributed by atoms with Gasteiger partial charge in [-0.25, -0.2) is 4.79 Å². The van der Waals surface area contributed by atoms with Gasteiger partial charge in [0.15, 0.2) is 6.61 Å². The minimum atomic E-state index is -1.08. The molecular weight excluding hydrogens is 540 g/mol. The number of unbranched alkanes of at least 4 members (excludes halogenated alkanes) is 1. The third kappa shape index (κ3) is 4.33. The highest BCUT2D eigenvalue weighted by molar-refractivity contribution is 6.10. The van der Waals surface area contributed by atoms with E-state index in [9.17, 15) is 19.2 Å². The average Bonchev–Trinajstić information content (AvgIpc) is 3.30. The number of esters is 1. The first kappa shape index (κ1) is 27.1. The van der Waals surface area contributed by atoms with Gasteiger partial charge in [0, 0.05) is 22.9 Å². The number of likely N-dealkylation sites (tertiary alicyclic amines) is 1. The molecule has 0 saturated carbocycles. The monoisotopic (exact) mass is 572 g/mol. The number of hydrogen-bond acceptors (Lipinski definition) is 5. The largest absolute Gasteiger partial charge is 0.454 e. The van der Waals surface area contributed by atoms with Crippen molar-refractivity contribution in [3.63, 3.8) is 0 Å². The molecule has 1 N–H and O–H groups in total. The summed E-state index contributed by atoms with van der Waals surface area (Å²) in [6.07, 6.45) is 1.69. The van der Waals surface area contributed by atoms with E-state index in [1.54, 1.807) is 6.07 Å². The second kappa shape index (κ2) is 10.8. The van der Waals surface area contributed by atoms with Crippen LogP contribution in [0.3, 0.4) is 0 Å². The Kier molecular flexibility index (Phi) is 6.80. The molecule has 1 aliphatic heterocycles. The van der Waals surface area contributed by atoms with Gasteiger partial charge in [-0.05, 0) is 40.1 Å². The summed E-state index contributed by atoms with van der Waals surface area (Å²) in [5, 5.41) is 4.67. The fourth-order valence-electron chi connectivity index (χ4n) is 7.51. The molecule has 4 aliphatic rings. The Labute approximate surface area is 249 Å². The number of benzene rings is 4. The molecule has 8 rings (SSSR count). The molecule has 0 radical (unpaired) electrons. The van der Waals surface area contributed by atoms with E-state index in [1.807, 2.05) is 67.6 Å². The second-order valence-electron chi connectivity index (χ2n) is 11.7. The lowest BCUT2D eigenvalue weighted by Gasteiger charge is -2.45. The third-order valence-corrected chi connectivity index (χ3v) is 9.31. The maximum Gasteiger partial charge on any atom is 0.329 e. The molecule has 7 heteroatoms. The van der Waals surface area contributed by atoms with E-state index in [-0.39, 0.29) is 30.1 Å². The van der Waals surface area contributed by atoms with Crippen molar-refractivity contribution < 1.29 is 23.9 Å². The van der Waals surface area contributed by atoms with E-state index in [1.165, 1.54) is 4.90 Å². The van der Waals surface area contributed by atoms with E-state index in [0.29, 0.717) is 12.1 Å². The Hall–Kier alpha value is -4.78. The second-order valence-corrected chi connectivity index (χ2v) is 11.7. The van der Waals surface area contributed by atoms with Crippen LogP contribution in [0, 0.1) is 11.8 Å². The maximum absolute atomic E-state index is 14.2. The molecule has 1 fully saturated rings. The summed E-state index contributed by atoms with van der Waals surface area (Å²) in [4.78, 5) is 56.0. The Morgan fingerprint density at radius 3 is 1.88 bits per heavy atom. The maximum atomic E-state index is 14.2. The summed E-state index contributed by atoms with van der Waals surface area (Å²) < 4.78 is 5.51. The molecule has 1 saturated heterocycles. The number of hydrogen-bond donors (Lipinski definition) is 1. The number of carbonyl (C=O) groups is 4. The Morgan fingerprint density at radius 2 is 1.30 bits per heavy atom. The van der Waals surface area contributed by atoms with Crippen LogP contribution in [0.5, 0.6) is 0 Å². The quantitative estimate of drug-likeness (QED) is 0.214. The first-order valence-electron chi connectivity index (χ1n) is 15.0. The zero-order valence-corrected chi connectivity index (χ0v) is 23.9. The number of ether oxygens (including phenoxy) is 1. The van der Waals surface area contributed by atoms with E-state index in [4.69, 9.17) is 4.74 Å². The SMILES string of the molecule is CCCC[C@H](C(=O)OCC(=O)Nc1cccc2ccccc12)N1C(=O)[C@@H]2C3c4ccccc4C(c4ccccc43)[C@@H]2C1=O. The molecule has 3 amide bonds. The van der Waals surface area contributed by atoms with Crippen molar-refractivity contribution in [1.29, 1.82) is 0 Å². The topological polar surface area (TPSA) is 92.8 Å². The Morgan fingerprint density at radius 1 is 0.767 bits per heavy atom. The molecule has 7 nitrogen and oxygen atoms in total. The fourth-order valence-corrected chi connectivity index (χ4v) is 7.51. The van der Waals surface area contributed by atoms with Crippen LogP contribution in [0.1, 0.15) is 60.3 Å². The van der Waals surface area contributed by atoms with Gasteiger partial charge in [-0.15, -0.1) is 0 Å². The predicted molar refractivity (Wildman–Crippen MR) is 162 cm³/mol. The van der Waals surface area contributed by atoms with Crippen LogP contribution in [0.25, 0.3) is 10.8 Å². The molecule has 1 heterocycles. The van der Waals surface area contributed by atoms with Gasteiger partial charge in [0.25, 0.3) is 5.91 Å². The van der Waals surface area contributed by atoms with Gasteiger partial charge in [0.1, 0.15) is 6.04 Å². The van der Waals surface area contributed by atoms with Gasteiger partial charge in [0.2, 0.25) is 11.8 Å². The highest BCUT2D eigenvalue weighted by atomic mass is 16.5. The fraction of sp³-hybridized carbons (Fsp3) is 0.278. The number of amides is 3.